The van der Waals surface area contributed by atoms with Crippen molar-refractivity contribution < 1.29 is 9.53 Å². The van der Waals surface area contributed by atoms with Gasteiger partial charge in [-0.1, -0.05) is 32.0 Å². The molecular weight excluding hydrogens is 250 g/mol. The van der Waals surface area contributed by atoms with Gasteiger partial charge in [0.25, 0.3) is 0 Å². The highest BCUT2D eigenvalue weighted by molar-refractivity contribution is 5.84. The Labute approximate surface area is 121 Å². The first-order chi connectivity index (χ1) is 9.55. The topological polar surface area (TPSA) is 38.3 Å². The first-order valence-electron chi connectivity index (χ1n) is 7.56. The van der Waals surface area contributed by atoms with Gasteiger partial charge < -0.3 is 10.1 Å². The van der Waals surface area contributed by atoms with Gasteiger partial charge in [-0.3, -0.25) is 0 Å². The van der Waals surface area contributed by atoms with Crippen molar-refractivity contribution in [1.82, 2.24) is 0 Å². The number of benzene rings is 1. The van der Waals surface area contributed by atoms with E-state index in [1.54, 1.807) is 0 Å². The summed E-state index contributed by atoms with van der Waals surface area (Å²) < 4.78 is 5.35. The molecule has 1 aliphatic carbocycles. The lowest BCUT2D eigenvalue weighted by atomic mass is 9.71. The molecule has 0 aromatic heterocycles. The highest BCUT2D eigenvalue weighted by Gasteiger charge is 2.45. The fourth-order valence-corrected chi connectivity index (χ4v) is 3.51. The Morgan fingerprint density at radius 1 is 1.25 bits per heavy atom. The summed E-state index contributed by atoms with van der Waals surface area (Å²) in [4.78, 5) is 12.5. The van der Waals surface area contributed by atoms with E-state index in [1.165, 1.54) is 6.42 Å². The Morgan fingerprint density at radius 2 is 1.85 bits per heavy atom. The maximum Gasteiger partial charge on any atom is 0.331 e. The second kappa shape index (κ2) is 6.29. The van der Waals surface area contributed by atoms with Crippen LogP contribution in [0.3, 0.4) is 0 Å². The summed E-state index contributed by atoms with van der Waals surface area (Å²) in [6, 6.07) is 9.96. The number of ether oxygens (including phenoxy) is 1. The van der Waals surface area contributed by atoms with Crippen LogP contribution >= 0.6 is 0 Å². The molecule has 0 saturated heterocycles. The Hall–Kier alpha value is -1.51. The van der Waals surface area contributed by atoms with Gasteiger partial charge in [0.15, 0.2) is 0 Å². The first-order valence-corrected chi connectivity index (χ1v) is 7.56. The lowest BCUT2D eigenvalue weighted by Crippen LogP contribution is -2.52. The predicted molar refractivity (Wildman–Crippen MR) is 81.6 cm³/mol. The fraction of sp³-hybridized carbons (Fsp3) is 0.588. The number of hydrogen-bond acceptors (Lipinski definition) is 3. The van der Waals surface area contributed by atoms with Crippen molar-refractivity contribution in [3.05, 3.63) is 30.3 Å². The molecule has 0 heterocycles. The van der Waals surface area contributed by atoms with Crippen LogP contribution in [-0.2, 0) is 9.53 Å². The van der Waals surface area contributed by atoms with Crippen LogP contribution in [0.2, 0.25) is 0 Å². The molecule has 0 aliphatic heterocycles. The Morgan fingerprint density at radius 3 is 2.40 bits per heavy atom. The van der Waals surface area contributed by atoms with Crippen molar-refractivity contribution in [1.29, 1.82) is 0 Å². The second-order valence-electron chi connectivity index (χ2n) is 6.15. The second-order valence-corrected chi connectivity index (χ2v) is 6.15. The Kier molecular flexibility index (Phi) is 4.69. The first kappa shape index (κ1) is 14.9. The molecule has 1 N–H and O–H groups in total. The van der Waals surface area contributed by atoms with Crippen molar-refractivity contribution >= 4 is 11.7 Å². The number of carbonyl (C=O) groups excluding carboxylic acids is 1. The normalized spacial score (nSPS) is 29.8. The molecule has 3 nitrogen and oxygen atoms in total. The average molecular weight is 275 g/mol. The predicted octanol–water partition coefficient (Wildman–Crippen LogP) is 3.86. The summed E-state index contributed by atoms with van der Waals surface area (Å²) in [6.45, 7) is 6.73. The van der Waals surface area contributed by atoms with Gasteiger partial charge in [0.1, 0.15) is 5.54 Å². The van der Waals surface area contributed by atoms with Gasteiger partial charge in [-0.25, -0.2) is 4.79 Å². The van der Waals surface area contributed by atoms with E-state index in [0.29, 0.717) is 18.4 Å². The molecule has 2 atom stereocenters. The molecule has 1 fully saturated rings. The van der Waals surface area contributed by atoms with Crippen molar-refractivity contribution in [2.75, 3.05) is 11.9 Å². The van der Waals surface area contributed by atoms with Gasteiger partial charge in [-0.2, -0.15) is 0 Å². The lowest BCUT2D eigenvalue weighted by molar-refractivity contribution is -0.151. The largest absolute Gasteiger partial charge is 0.464 e. The highest BCUT2D eigenvalue weighted by atomic mass is 16.5. The van der Waals surface area contributed by atoms with Gasteiger partial charge in [0, 0.05) is 5.69 Å². The Bertz CT molecular complexity index is 434. The molecule has 20 heavy (non-hydrogen) atoms. The zero-order chi connectivity index (χ0) is 14.6. The van der Waals surface area contributed by atoms with Crippen LogP contribution in [0.25, 0.3) is 0 Å². The van der Waals surface area contributed by atoms with Gasteiger partial charge in [0.05, 0.1) is 6.61 Å². The van der Waals surface area contributed by atoms with Gasteiger partial charge >= 0.3 is 5.97 Å². The van der Waals surface area contributed by atoms with E-state index >= 15 is 0 Å². The number of rotatable bonds is 4. The van der Waals surface area contributed by atoms with Crippen LogP contribution in [-0.4, -0.2) is 18.1 Å². The third-order valence-corrected chi connectivity index (χ3v) is 4.02. The van der Waals surface area contributed by atoms with Crippen molar-refractivity contribution in [3.8, 4) is 0 Å². The zero-order valence-electron chi connectivity index (χ0n) is 12.7. The molecule has 0 radical (unpaired) electrons. The van der Waals surface area contributed by atoms with Crippen LogP contribution < -0.4 is 5.32 Å². The Balaban J connectivity index is 2.26. The number of hydrogen-bond donors (Lipinski definition) is 1. The van der Waals surface area contributed by atoms with Crippen LogP contribution in [0.4, 0.5) is 5.69 Å². The molecule has 0 spiro atoms. The molecule has 0 amide bonds. The summed E-state index contributed by atoms with van der Waals surface area (Å²) in [5.41, 5.74) is 0.413. The van der Waals surface area contributed by atoms with Crippen LogP contribution in [0.5, 0.6) is 0 Å². The van der Waals surface area contributed by atoms with E-state index in [2.05, 4.69) is 19.2 Å². The third-order valence-electron chi connectivity index (χ3n) is 4.02. The third kappa shape index (κ3) is 3.33. The van der Waals surface area contributed by atoms with Crippen LogP contribution in [0.1, 0.15) is 40.0 Å². The minimum atomic E-state index is -0.575. The quantitative estimate of drug-likeness (QED) is 0.848. The summed E-state index contributed by atoms with van der Waals surface area (Å²) in [6.07, 6.45) is 2.85. The molecule has 1 aliphatic rings. The minimum Gasteiger partial charge on any atom is -0.464 e. The van der Waals surface area contributed by atoms with Crippen molar-refractivity contribution in [2.45, 2.75) is 45.6 Å². The molecule has 1 aromatic carbocycles. The van der Waals surface area contributed by atoms with E-state index in [0.717, 1.165) is 18.5 Å². The fourth-order valence-electron chi connectivity index (χ4n) is 3.51. The van der Waals surface area contributed by atoms with Crippen molar-refractivity contribution in [2.24, 2.45) is 11.8 Å². The van der Waals surface area contributed by atoms with Crippen LogP contribution in [0, 0.1) is 11.8 Å². The summed E-state index contributed by atoms with van der Waals surface area (Å²) >= 11 is 0. The van der Waals surface area contributed by atoms with Gasteiger partial charge in [-0.15, -0.1) is 0 Å². The molecule has 1 saturated carbocycles. The van der Waals surface area contributed by atoms with E-state index < -0.39 is 5.54 Å². The van der Waals surface area contributed by atoms with Crippen molar-refractivity contribution in [3.63, 3.8) is 0 Å². The number of anilines is 1. The zero-order valence-corrected chi connectivity index (χ0v) is 12.7. The summed E-state index contributed by atoms with van der Waals surface area (Å²) in [5, 5.41) is 3.47. The SMILES string of the molecule is CCOC(=O)C1(Nc2ccccc2)CC(C)CC(C)C1. The molecular formula is C17H25NO2. The van der Waals surface area contributed by atoms with E-state index in [1.807, 2.05) is 37.3 Å². The van der Waals surface area contributed by atoms with E-state index in [4.69, 9.17) is 4.74 Å². The monoisotopic (exact) mass is 275 g/mol. The van der Waals surface area contributed by atoms with Crippen LogP contribution in [0.15, 0.2) is 30.3 Å². The van der Waals surface area contributed by atoms with Gasteiger partial charge in [-0.05, 0) is 50.2 Å². The maximum absolute atomic E-state index is 12.5. The molecule has 110 valence electrons. The highest BCUT2D eigenvalue weighted by Crippen LogP contribution is 2.39. The lowest BCUT2D eigenvalue weighted by Gasteiger charge is -2.42. The molecule has 1 aromatic rings. The average Bonchev–Trinajstić information content (AvgIpc) is 2.39. The maximum atomic E-state index is 12.5. The van der Waals surface area contributed by atoms with E-state index in [-0.39, 0.29) is 5.97 Å². The minimum absolute atomic E-state index is 0.109. The standard InChI is InChI=1S/C17H25NO2/c1-4-20-16(19)17(11-13(2)10-14(3)12-17)18-15-8-6-5-7-9-15/h5-9,13-14,18H,4,10-12H2,1-3H3. The molecule has 0 bridgehead atoms. The number of esters is 1. The van der Waals surface area contributed by atoms with E-state index in [9.17, 15) is 4.79 Å². The summed E-state index contributed by atoms with van der Waals surface area (Å²) in [5.74, 6) is 0.945. The smallest absolute Gasteiger partial charge is 0.331 e. The summed E-state index contributed by atoms with van der Waals surface area (Å²) in [7, 11) is 0. The number of carbonyl (C=O) groups is 1. The molecule has 2 unspecified atom stereocenters. The number of para-hydroxylation sites is 1. The van der Waals surface area contributed by atoms with Gasteiger partial charge in [0.2, 0.25) is 0 Å². The number of nitrogens with one attached hydrogen (secondary N) is 1. The molecule has 3 heteroatoms. The molecule has 2 rings (SSSR count).